The molecule has 9 heteroatoms. The fourth-order valence-electron chi connectivity index (χ4n) is 3.42. The van der Waals surface area contributed by atoms with Gasteiger partial charge in [0.15, 0.2) is 5.82 Å². The second-order valence-corrected chi connectivity index (χ2v) is 7.79. The summed E-state index contributed by atoms with van der Waals surface area (Å²) in [6, 6.07) is 7.13. The molecule has 158 valence electrons. The molecule has 2 heterocycles. The van der Waals surface area contributed by atoms with Gasteiger partial charge in [0.05, 0.1) is 29.2 Å². The van der Waals surface area contributed by atoms with Crippen molar-refractivity contribution < 1.29 is 9.18 Å². The third-order valence-corrected chi connectivity index (χ3v) is 5.04. The van der Waals surface area contributed by atoms with Crippen molar-refractivity contribution in [1.29, 1.82) is 5.26 Å². The number of hydrogen-bond donors (Lipinski definition) is 2. The van der Waals surface area contributed by atoms with Gasteiger partial charge >= 0.3 is 0 Å². The van der Waals surface area contributed by atoms with Gasteiger partial charge < -0.3 is 15.2 Å². The number of rotatable bonds is 6. The number of imidazole rings is 1. The zero-order valence-corrected chi connectivity index (χ0v) is 17.5. The van der Waals surface area contributed by atoms with E-state index >= 15 is 0 Å². The Morgan fingerprint density at radius 3 is 2.74 bits per heavy atom. The second-order valence-electron chi connectivity index (χ2n) is 7.79. The highest BCUT2D eigenvalue weighted by Crippen LogP contribution is 2.27. The number of benzene rings is 1. The lowest BCUT2D eigenvalue weighted by Crippen LogP contribution is -2.26. The van der Waals surface area contributed by atoms with Crippen LogP contribution in [-0.2, 0) is 0 Å². The predicted octanol–water partition coefficient (Wildman–Crippen LogP) is 3.88. The van der Waals surface area contributed by atoms with Gasteiger partial charge in [0.1, 0.15) is 17.6 Å². The average Bonchev–Trinajstić information content (AvgIpc) is 3.47. The van der Waals surface area contributed by atoms with E-state index in [9.17, 15) is 14.4 Å². The standard InChI is InChI=1S/C22H22FN7O/c1-12(2)30-13(3)25-11-19(30)20-18(23)10-26-22(29-20)28-16-6-7-17(14(8-16)9-24)21(31)27-15-4-5-15/h6-8,10-12,15H,4-5H2,1-3H3,(H,27,31)(H,26,28,29). The number of nitrogens with zero attached hydrogens (tertiary/aromatic N) is 5. The van der Waals surface area contributed by atoms with Crippen LogP contribution < -0.4 is 10.6 Å². The Morgan fingerprint density at radius 2 is 2.06 bits per heavy atom. The summed E-state index contributed by atoms with van der Waals surface area (Å²) in [5, 5.41) is 15.3. The zero-order chi connectivity index (χ0) is 22.1. The lowest BCUT2D eigenvalue weighted by molar-refractivity contribution is 0.0951. The monoisotopic (exact) mass is 419 g/mol. The summed E-state index contributed by atoms with van der Waals surface area (Å²) in [7, 11) is 0. The SMILES string of the molecule is Cc1ncc(-c2nc(Nc3ccc(C(=O)NC4CC4)c(C#N)c3)ncc2F)n1C(C)C. The summed E-state index contributed by atoms with van der Waals surface area (Å²) in [5.74, 6) is 0.112. The number of aromatic nitrogens is 4. The van der Waals surface area contributed by atoms with Gasteiger partial charge in [-0.1, -0.05) is 0 Å². The number of carbonyl (C=O) groups excluding carboxylic acids is 1. The Bertz CT molecular complexity index is 1190. The quantitative estimate of drug-likeness (QED) is 0.628. The number of anilines is 2. The number of halogens is 1. The summed E-state index contributed by atoms with van der Waals surface area (Å²) in [6.45, 7) is 5.83. The molecule has 3 aromatic rings. The van der Waals surface area contributed by atoms with Crippen LogP contribution in [0, 0.1) is 24.1 Å². The van der Waals surface area contributed by atoms with Crippen LogP contribution in [0.5, 0.6) is 0 Å². The molecule has 0 bridgehead atoms. The molecule has 1 saturated carbocycles. The Balaban J connectivity index is 1.62. The highest BCUT2D eigenvalue weighted by molar-refractivity contribution is 5.97. The van der Waals surface area contributed by atoms with E-state index in [1.807, 2.05) is 25.3 Å². The molecule has 0 unspecified atom stereocenters. The largest absolute Gasteiger partial charge is 0.349 e. The van der Waals surface area contributed by atoms with Gasteiger partial charge in [-0.2, -0.15) is 5.26 Å². The van der Waals surface area contributed by atoms with Crippen LogP contribution in [0.4, 0.5) is 16.0 Å². The number of nitrogens with one attached hydrogen (secondary N) is 2. The van der Waals surface area contributed by atoms with Crippen molar-refractivity contribution >= 4 is 17.5 Å². The number of hydrogen-bond acceptors (Lipinski definition) is 6. The van der Waals surface area contributed by atoms with Gasteiger partial charge in [0.25, 0.3) is 5.91 Å². The fourth-order valence-corrected chi connectivity index (χ4v) is 3.42. The molecule has 0 aliphatic heterocycles. The molecule has 8 nitrogen and oxygen atoms in total. The van der Waals surface area contributed by atoms with E-state index in [0.29, 0.717) is 16.9 Å². The van der Waals surface area contributed by atoms with E-state index in [-0.39, 0.29) is 35.2 Å². The first-order valence-corrected chi connectivity index (χ1v) is 10.1. The van der Waals surface area contributed by atoms with E-state index in [0.717, 1.165) is 24.9 Å². The summed E-state index contributed by atoms with van der Waals surface area (Å²) < 4.78 is 16.4. The molecule has 1 aliphatic carbocycles. The van der Waals surface area contributed by atoms with E-state index < -0.39 is 5.82 Å². The minimum Gasteiger partial charge on any atom is -0.349 e. The summed E-state index contributed by atoms with van der Waals surface area (Å²) >= 11 is 0. The topological polar surface area (TPSA) is 109 Å². The second kappa shape index (κ2) is 8.14. The van der Waals surface area contributed by atoms with E-state index in [1.165, 1.54) is 0 Å². The highest BCUT2D eigenvalue weighted by Gasteiger charge is 2.25. The van der Waals surface area contributed by atoms with Gasteiger partial charge in [-0.15, -0.1) is 0 Å². The summed E-state index contributed by atoms with van der Waals surface area (Å²) in [6.07, 6.45) is 4.62. The fraction of sp³-hybridized carbons (Fsp3) is 0.318. The van der Waals surface area contributed by atoms with Crippen molar-refractivity contribution in [2.75, 3.05) is 5.32 Å². The van der Waals surface area contributed by atoms with Crippen molar-refractivity contribution in [2.45, 2.75) is 45.7 Å². The molecule has 2 aromatic heterocycles. The molecule has 0 radical (unpaired) electrons. The average molecular weight is 419 g/mol. The lowest BCUT2D eigenvalue weighted by atomic mass is 10.1. The molecule has 1 aromatic carbocycles. The van der Waals surface area contributed by atoms with E-state index in [2.05, 4.69) is 31.7 Å². The first-order chi connectivity index (χ1) is 14.9. The normalized spacial score (nSPS) is 13.2. The molecule has 0 atom stereocenters. The lowest BCUT2D eigenvalue weighted by Gasteiger charge is -2.15. The minimum atomic E-state index is -0.558. The van der Waals surface area contributed by atoms with Crippen LogP contribution in [-0.4, -0.2) is 31.5 Å². The van der Waals surface area contributed by atoms with Gasteiger partial charge in [-0.25, -0.2) is 19.3 Å². The number of carbonyl (C=O) groups is 1. The molecule has 0 saturated heterocycles. The van der Waals surface area contributed by atoms with Crippen molar-refractivity contribution in [2.24, 2.45) is 0 Å². The zero-order valence-electron chi connectivity index (χ0n) is 17.5. The molecular weight excluding hydrogens is 397 g/mol. The van der Waals surface area contributed by atoms with Gasteiger partial charge in [0, 0.05) is 17.8 Å². The van der Waals surface area contributed by atoms with Crippen molar-refractivity contribution in [3.8, 4) is 17.5 Å². The summed E-state index contributed by atoms with van der Waals surface area (Å²) in [5.41, 5.74) is 1.76. The molecule has 1 amide bonds. The highest BCUT2D eigenvalue weighted by atomic mass is 19.1. The Hall–Kier alpha value is -3.80. The Morgan fingerprint density at radius 1 is 1.29 bits per heavy atom. The third-order valence-electron chi connectivity index (χ3n) is 5.04. The molecule has 31 heavy (non-hydrogen) atoms. The van der Waals surface area contributed by atoms with Crippen molar-refractivity contribution in [3.63, 3.8) is 0 Å². The number of aryl methyl sites for hydroxylation is 1. The molecule has 4 rings (SSSR count). The van der Waals surface area contributed by atoms with Gasteiger partial charge in [0.2, 0.25) is 5.95 Å². The smallest absolute Gasteiger partial charge is 0.252 e. The Kier molecular flexibility index (Phi) is 5.38. The van der Waals surface area contributed by atoms with Crippen LogP contribution in [0.15, 0.2) is 30.6 Å². The number of amides is 1. The van der Waals surface area contributed by atoms with Crippen LogP contribution in [0.3, 0.4) is 0 Å². The maximum absolute atomic E-state index is 14.5. The molecule has 2 N–H and O–H groups in total. The molecule has 1 aliphatic rings. The van der Waals surface area contributed by atoms with Crippen molar-refractivity contribution in [1.82, 2.24) is 24.8 Å². The van der Waals surface area contributed by atoms with Crippen LogP contribution >= 0.6 is 0 Å². The Labute approximate surface area is 179 Å². The van der Waals surface area contributed by atoms with Crippen LogP contribution in [0.1, 0.15) is 54.5 Å². The van der Waals surface area contributed by atoms with Crippen LogP contribution in [0.25, 0.3) is 11.4 Å². The summed E-state index contributed by atoms with van der Waals surface area (Å²) in [4.78, 5) is 24.9. The van der Waals surface area contributed by atoms with E-state index in [4.69, 9.17) is 0 Å². The van der Waals surface area contributed by atoms with E-state index in [1.54, 1.807) is 24.4 Å². The van der Waals surface area contributed by atoms with Crippen molar-refractivity contribution in [3.05, 3.63) is 53.4 Å². The van der Waals surface area contributed by atoms with Gasteiger partial charge in [-0.05, 0) is 51.8 Å². The number of nitriles is 1. The van der Waals surface area contributed by atoms with Crippen LogP contribution in [0.2, 0.25) is 0 Å². The predicted molar refractivity (Wildman–Crippen MR) is 113 cm³/mol. The maximum Gasteiger partial charge on any atom is 0.252 e. The van der Waals surface area contributed by atoms with Gasteiger partial charge in [-0.3, -0.25) is 4.79 Å². The third kappa shape index (κ3) is 4.23. The molecule has 0 spiro atoms. The first-order valence-electron chi connectivity index (χ1n) is 10.1. The first kappa shape index (κ1) is 20.5. The molecule has 1 fully saturated rings. The molecular formula is C22H22FN7O. The minimum absolute atomic E-state index is 0.0794. The maximum atomic E-state index is 14.5.